The molecule has 168 valence electrons. The maximum absolute atomic E-state index is 12.7. The van der Waals surface area contributed by atoms with E-state index in [4.69, 9.17) is 21.1 Å². The average molecular weight is 475 g/mol. The van der Waals surface area contributed by atoms with Crippen LogP contribution in [0, 0.1) is 6.92 Å². The maximum Gasteiger partial charge on any atom is 0.265 e. The smallest absolute Gasteiger partial charge is 0.265 e. The monoisotopic (exact) mass is 474 g/mol. The predicted molar refractivity (Wildman–Crippen MR) is 125 cm³/mol. The first-order chi connectivity index (χ1) is 15.2. The van der Waals surface area contributed by atoms with Gasteiger partial charge in [0.15, 0.2) is 6.10 Å². The van der Waals surface area contributed by atoms with Gasteiger partial charge in [0.1, 0.15) is 11.5 Å². The molecule has 0 heterocycles. The number of rotatable bonds is 8. The van der Waals surface area contributed by atoms with Crippen molar-refractivity contribution in [2.45, 2.75) is 24.8 Å². The summed E-state index contributed by atoms with van der Waals surface area (Å²) in [4.78, 5) is 12.5. The minimum atomic E-state index is -3.82. The minimum Gasteiger partial charge on any atom is -0.497 e. The molecule has 0 bridgehead atoms. The average Bonchev–Trinajstić information content (AvgIpc) is 2.77. The molecule has 0 aliphatic carbocycles. The lowest BCUT2D eigenvalue weighted by molar-refractivity contribution is -0.122. The first kappa shape index (κ1) is 23.4. The Morgan fingerprint density at radius 2 is 1.59 bits per heavy atom. The van der Waals surface area contributed by atoms with E-state index in [1.54, 1.807) is 63.4 Å². The number of sulfonamides is 1. The highest BCUT2D eigenvalue weighted by atomic mass is 35.5. The highest BCUT2D eigenvalue weighted by molar-refractivity contribution is 7.92. The van der Waals surface area contributed by atoms with E-state index in [-0.39, 0.29) is 10.8 Å². The molecule has 3 aromatic rings. The van der Waals surface area contributed by atoms with Gasteiger partial charge in [-0.05, 0) is 80.1 Å². The molecule has 0 aromatic heterocycles. The fraction of sp³-hybridized carbons (Fsp3) is 0.174. The van der Waals surface area contributed by atoms with Crippen LogP contribution in [0.4, 0.5) is 11.4 Å². The zero-order chi connectivity index (χ0) is 23.3. The van der Waals surface area contributed by atoms with Gasteiger partial charge in [-0.1, -0.05) is 17.7 Å². The summed E-state index contributed by atoms with van der Waals surface area (Å²) in [6.07, 6.45) is -0.765. The van der Waals surface area contributed by atoms with Gasteiger partial charge in [0, 0.05) is 10.7 Å². The fourth-order valence-corrected chi connectivity index (χ4v) is 4.07. The number of benzene rings is 3. The summed E-state index contributed by atoms with van der Waals surface area (Å²) in [7, 11) is -2.25. The molecule has 7 nitrogen and oxygen atoms in total. The van der Waals surface area contributed by atoms with Gasteiger partial charge in [0.2, 0.25) is 0 Å². The molecule has 0 fully saturated rings. The third-order valence-corrected chi connectivity index (χ3v) is 6.23. The molecule has 2 N–H and O–H groups in total. The van der Waals surface area contributed by atoms with E-state index in [2.05, 4.69) is 10.0 Å². The number of aryl methyl sites for hydroxylation is 1. The molecule has 0 unspecified atom stereocenters. The number of carbonyl (C=O) groups is 1. The Labute approximate surface area is 192 Å². The first-order valence-corrected chi connectivity index (χ1v) is 11.5. The van der Waals surface area contributed by atoms with Crippen molar-refractivity contribution < 1.29 is 22.7 Å². The van der Waals surface area contributed by atoms with Gasteiger partial charge < -0.3 is 14.8 Å². The predicted octanol–water partition coefficient (Wildman–Crippen LogP) is 4.86. The Hall–Kier alpha value is -3.23. The molecule has 3 rings (SSSR count). The molecular weight excluding hydrogens is 452 g/mol. The highest BCUT2D eigenvalue weighted by Gasteiger charge is 2.18. The Morgan fingerprint density at radius 1 is 0.969 bits per heavy atom. The lowest BCUT2D eigenvalue weighted by Crippen LogP contribution is -2.30. The number of hydrogen-bond acceptors (Lipinski definition) is 5. The van der Waals surface area contributed by atoms with Gasteiger partial charge in [-0.15, -0.1) is 0 Å². The van der Waals surface area contributed by atoms with Crippen LogP contribution >= 0.6 is 11.6 Å². The van der Waals surface area contributed by atoms with Crippen LogP contribution in [-0.4, -0.2) is 27.5 Å². The van der Waals surface area contributed by atoms with Crippen molar-refractivity contribution in [1.82, 2.24) is 0 Å². The number of halogens is 1. The summed E-state index contributed by atoms with van der Waals surface area (Å²) in [5.41, 5.74) is 1.59. The van der Waals surface area contributed by atoms with Crippen molar-refractivity contribution in [1.29, 1.82) is 0 Å². The molecule has 1 atom stereocenters. The van der Waals surface area contributed by atoms with Crippen LogP contribution in [0.15, 0.2) is 71.6 Å². The molecule has 3 aromatic carbocycles. The summed E-state index contributed by atoms with van der Waals surface area (Å²) in [5.74, 6) is 0.839. The molecule has 32 heavy (non-hydrogen) atoms. The second-order valence-corrected chi connectivity index (χ2v) is 9.13. The van der Waals surface area contributed by atoms with Crippen LogP contribution in [0.2, 0.25) is 5.02 Å². The van der Waals surface area contributed by atoms with E-state index >= 15 is 0 Å². The largest absolute Gasteiger partial charge is 0.497 e. The van der Waals surface area contributed by atoms with Gasteiger partial charge in [0.05, 0.1) is 17.7 Å². The molecule has 1 amide bonds. The van der Waals surface area contributed by atoms with Crippen LogP contribution in [0.25, 0.3) is 0 Å². The van der Waals surface area contributed by atoms with E-state index in [1.807, 2.05) is 0 Å². The number of nitrogens with one attached hydrogen (secondary N) is 2. The van der Waals surface area contributed by atoms with Crippen molar-refractivity contribution in [3.05, 3.63) is 77.3 Å². The minimum absolute atomic E-state index is 0.0532. The molecule has 0 saturated carbocycles. The number of methoxy groups -OCH3 is 1. The van der Waals surface area contributed by atoms with Gasteiger partial charge in [-0.2, -0.15) is 0 Å². The van der Waals surface area contributed by atoms with Gasteiger partial charge >= 0.3 is 0 Å². The Morgan fingerprint density at radius 3 is 2.22 bits per heavy atom. The molecule has 9 heteroatoms. The quantitative estimate of drug-likeness (QED) is 0.486. The standard InChI is InChI=1S/C23H23ClN2O5S/c1-15-4-5-17(24)14-22(15)26-32(28,29)21-12-6-18(7-13-21)25-23(27)16(2)31-20-10-8-19(30-3)9-11-20/h4-14,16,26H,1-3H3,(H,25,27)/t16-/m1/s1. The fourth-order valence-electron chi connectivity index (χ4n) is 2.78. The third kappa shape index (κ3) is 5.93. The van der Waals surface area contributed by atoms with Crippen LogP contribution in [0.3, 0.4) is 0 Å². The van der Waals surface area contributed by atoms with Crippen molar-refractivity contribution in [2.75, 3.05) is 17.1 Å². The first-order valence-electron chi connectivity index (χ1n) is 9.68. The van der Waals surface area contributed by atoms with Crippen LogP contribution in [-0.2, 0) is 14.8 Å². The van der Waals surface area contributed by atoms with Crippen molar-refractivity contribution >= 4 is 38.9 Å². The van der Waals surface area contributed by atoms with Crippen molar-refractivity contribution in [3.63, 3.8) is 0 Å². The molecule has 0 aliphatic rings. The SMILES string of the molecule is COc1ccc(O[C@H](C)C(=O)Nc2ccc(S(=O)(=O)Nc3cc(Cl)ccc3C)cc2)cc1. The molecular formula is C23H23ClN2O5S. The lowest BCUT2D eigenvalue weighted by Gasteiger charge is -2.15. The molecule has 0 saturated heterocycles. The zero-order valence-electron chi connectivity index (χ0n) is 17.8. The maximum atomic E-state index is 12.7. The lowest BCUT2D eigenvalue weighted by atomic mass is 10.2. The second kappa shape index (κ2) is 9.93. The third-order valence-electron chi connectivity index (χ3n) is 4.62. The Kier molecular flexibility index (Phi) is 7.27. The molecule has 0 radical (unpaired) electrons. The topological polar surface area (TPSA) is 93.7 Å². The van der Waals surface area contributed by atoms with E-state index in [0.717, 1.165) is 5.56 Å². The molecule has 0 aliphatic heterocycles. The highest BCUT2D eigenvalue weighted by Crippen LogP contribution is 2.24. The zero-order valence-corrected chi connectivity index (χ0v) is 19.3. The Balaban J connectivity index is 1.64. The van der Waals surface area contributed by atoms with Crippen molar-refractivity contribution in [2.24, 2.45) is 0 Å². The van der Waals surface area contributed by atoms with E-state index in [0.29, 0.717) is 27.9 Å². The summed E-state index contributed by atoms with van der Waals surface area (Å²) >= 11 is 5.96. The number of hydrogen-bond donors (Lipinski definition) is 2. The van der Waals surface area contributed by atoms with Gasteiger partial charge in [-0.3, -0.25) is 9.52 Å². The number of carbonyl (C=O) groups excluding carboxylic acids is 1. The number of amides is 1. The van der Waals surface area contributed by atoms with E-state index < -0.39 is 16.1 Å². The van der Waals surface area contributed by atoms with Crippen LogP contribution in [0.1, 0.15) is 12.5 Å². The van der Waals surface area contributed by atoms with Crippen molar-refractivity contribution in [3.8, 4) is 11.5 Å². The Bertz CT molecular complexity index is 1200. The normalized spacial score (nSPS) is 12.0. The number of anilines is 2. The van der Waals surface area contributed by atoms with E-state index in [9.17, 15) is 13.2 Å². The summed E-state index contributed by atoms with van der Waals surface area (Å²) in [6.45, 7) is 3.40. The summed E-state index contributed by atoms with van der Waals surface area (Å²) in [5, 5.41) is 3.14. The summed E-state index contributed by atoms with van der Waals surface area (Å²) < 4.78 is 38.6. The molecule has 0 spiro atoms. The van der Waals surface area contributed by atoms with E-state index in [1.165, 1.54) is 24.3 Å². The second-order valence-electron chi connectivity index (χ2n) is 7.01. The summed E-state index contributed by atoms with van der Waals surface area (Å²) in [6, 6.07) is 17.7. The van der Waals surface area contributed by atoms with Crippen LogP contribution < -0.4 is 19.5 Å². The number of ether oxygens (including phenoxy) is 2. The van der Waals surface area contributed by atoms with Crippen LogP contribution in [0.5, 0.6) is 11.5 Å². The van der Waals surface area contributed by atoms with Gasteiger partial charge in [-0.25, -0.2) is 8.42 Å². The van der Waals surface area contributed by atoms with Gasteiger partial charge in [0.25, 0.3) is 15.9 Å².